The molecule has 22 heavy (non-hydrogen) atoms. The Morgan fingerprint density at radius 2 is 2.23 bits per heavy atom. The first-order valence-electron chi connectivity index (χ1n) is 7.50. The highest BCUT2D eigenvalue weighted by molar-refractivity contribution is 6.05. The van der Waals surface area contributed by atoms with E-state index in [-0.39, 0.29) is 12.6 Å². The number of allylic oxidation sites excluding steroid dienone is 1. The summed E-state index contributed by atoms with van der Waals surface area (Å²) in [6, 6.07) is 8.13. The minimum Gasteiger partial charge on any atom is -0.355 e. The summed E-state index contributed by atoms with van der Waals surface area (Å²) in [4.78, 5) is 16.6. The maximum atomic E-state index is 12.2. The van der Waals surface area contributed by atoms with Gasteiger partial charge in [-0.25, -0.2) is 0 Å². The molecule has 4 heteroatoms. The number of ketones is 1. The molecule has 2 aromatic rings. The summed E-state index contributed by atoms with van der Waals surface area (Å²) in [5.74, 6) is 0.120. The molecule has 0 N–H and O–H groups in total. The first-order chi connectivity index (χ1) is 10.7. The normalized spacial score (nSPS) is 25.0. The monoisotopic (exact) mass is 295 g/mol. The molecule has 1 aromatic carbocycles. The van der Waals surface area contributed by atoms with Crippen molar-refractivity contribution in [2.24, 2.45) is 0 Å². The molecule has 1 aliphatic carbocycles. The first kappa shape index (κ1) is 13.6. The van der Waals surface area contributed by atoms with Crippen LogP contribution in [-0.4, -0.2) is 29.8 Å². The largest absolute Gasteiger partial charge is 0.355 e. The number of hydrogen-bond donors (Lipinski definition) is 0. The molecule has 112 valence electrons. The van der Waals surface area contributed by atoms with E-state index in [4.69, 9.17) is 9.47 Å². The van der Waals surface area contributed by atoms with Gasteiger partial charge in [-0.15, -0.1) is 0 Å². The summed E-state index contributed by atoms with van der Waals surface area (Å²) >= 11 is 0. The lowest BCUT2D eigenvalue weighted by Gasteiger charge is -2.37. The summed E-state index contributed by atoms with van der Waals surface area (Å²) in [6.07, 6.45) is 4.70. The van der Waals surface area contributed by atoms with Gasteiger partial charge in [0.05, 0.1) is 17.7 Å². The van der Waals surface area contributed by atoms with Crippen molar-refractivity contribution in [2.45, 2.75) is 25.4 Å². The van der Waals surface area contributed by atoms with Crippen LogP contribution in [0.1, 0.15) is 24.5 Å². The van der Waals surface area contributed by atoms with Gasteiger partial charge >= 0.3 is 0 Å². The molecular formula is C18H17NO3. The molecular weight excluding hydrogens is 278 g/mol. The van der Waals surface area contributed by atoms with E-state index < -0.39 is 5.60 Å². The number of hydrogen-bond acceptors (Lipinski definition) is 4. The fourth-order valence-corrected chi connectivity index (χ4v) is 3.26. The summed E-state index contributed by atoms with van der Waals surface area (Å²) in [5.41, 5.74) is 3.55. The van der Waals surface area contributed by atoms with Crippen LogP contribution in [0.25, 0.3) is 16.5 Å². The maximum absolute atomic E-state index is 12.2. The number of carbonyl (C=O) groups excluding carboxylic acids is 1. The second-order valence-electron chi connectivity index (χ2n) is 6.06. The average molecular weight is 295 g/mol. The quantitative estimate of drug-likeness (QED) is 0.811. The van der Waals surface area contributed by atoms with Crippen LogP contribution in [0.2, 0.25) is 0 Å². The molecule has 2 aliphatic rings. The highest BCUT2D eigenvalue weighted by Gasteiger charge is 2.36. The average Bonchev–Trinajstić information content (AvgIpc) is 2.53. The van der Waals surface area contributed by atoms with E-state index in [0.29, 0.717) is 13.0 Å². The minimum absolute atomic E-state index is 0.120. The molecule has 0 saturated carbocycles. The molecule has 1 unspecified atom stereocenters. The van der Waals surface area contributed by atoms with Gasteiger partial charge in [0.25, 0.3) is 0 Å². The van der Waals surface area contributed by atoms with Crippen LogP contribution < -0.4 is 0 Å². The van der Waals surface area contributed by atoms with Crippen LogP contribution in [0.3, 0.4) is 0 Å². The molecule has 1 aromatic heterocycles. The van der Waals surface area contributed by atoms with Crippen molar-refractivity contribution in [3.63, 3.8) is 0 Å². The third kappa shape index (κ3) is 2.16. The Hall–Kier alpha value is -2.04. The SMILES string of the molecule is CC1(C2=CC(=O)Cc3cc4ncccc4cc32)CCOCO1. The van der Waals surface area contributed by atoms with E-state index in [1.807, 2.05) is 25.1 Å². The van der Waals surface area contributed by atoms with Gasteiger partial charge in [-0.3, -0.25) is 9.78 Å². The Bertz CT molecular complexity index is 788. The van der Waals surface area contributed by atoms with Gasteiger partial charge in [-0.05, 0) is 47.9 Å². The second-order valence-corrected chi connectivity index (χ2v) is 6.06. The van der Waals surface area contributed by atoms with Crippen LogP contribution in [0.15, 0.2) is 36.5 Å². The predicted octanol–water partition coefficient (Wildman–Crippen LogP) is 2.90. The Morgan fingerprint density at radius 1 is 1.32 bits per heavy atom. The van der Waals surface area contributed by atoms with Gasteiger partial charge in [0.1, 0.15) is 6.79 Å². The van der Waals surface area contributed by atoms with Gasteiger partial charge in [-0.1, -0.05) is 6.07 Å². The minimum atomic E-state index is -0.473. The van der Waals surface area contributed by atoms with Crippen molar-refractivity contribution >= 4 is 22.3 Å². The van der Waals surface area contributed by atoms with Crippen LogP contribution in [0, 0.1) is 0 Å². The van der Waals surface area contributed by atoms with Crippen molar-refractivity contribution in [3.8, 4) is 0 Å². The van der Waals surface area contributed by atoms with Crippen LogP contribution in [0.4, 0.5) is 0 Å². The Balaban J connectivity index is 1.90. The Kier molecular flexibility index (Phi) is 3.10. The third-order valence-corrected chi connectivity index (χ3v) is 4.54. The lowest BCUT2D eigenvalue weighted by Crippen LogP contribution is -2.38. The third-order valence-electron chi connectivity index (χ3n) is 4.54. The van der Waals surface area contributed by atoms with Gasteiger partial charge in [-0.2, -0.15) is 0 Å². The number of fused-ring (bicyclic) bond motifs is 2. The van der Waals surface area contributed by atoms with Gasteiger partial charge in [0.15, 0.2) is 5.78 Å². The summed E-state index contributed by atoms with van der Waals surface area (Å²) in [5, 5.41) is 1.08. The van der Waals surface area contributed by atoms with Crippen molar-refractivity contribution in [1.29, 1.82) is 0 Å². The molecule has 1 atom stereocenters. The van der Waals surface area contributed by atoms with Crippen molar-refractivity contribution < 1.29 is 14.3 Å². The first-order valence-corrected chi connectivity index (χ1v) is 7.50. The van der Waals surface area contributed by atoms with E-state index in [2.05, 4.69) is 11.1 Å². The fourth-order valence-electron chi connectivity index (χ4n) is 3.26. The topological polar surface area (TPSA) is 48.4 Å². The van der Waals surface area contributed by atoms with Gasteiger partial charge in [0.2, 0.25) is 0 Å². The molecule has 1 aliphatic heterocycles. The number of rotatable bonds is 1. The zero-order valence-electron chi connectivity index (χ0n) is 12.5. The molecule has 4 nitrogen and oxygen atoms in total. The number of pyridine rings is 1. The lowest BCUT2D eigenvalue weighted by molar-refractivity contribution is -0.161. The van der Waals surface area contributed by atoms with E-state index in [9.17, 15) is 4.79 Å². The smallest absolute Gasteiger partial charge is 0.160 e. The lowest BCUT2D eigenvalue weighted by atomic mass is 9.79. The number of nitrogens with zero attached hydrogens (tertiary/aromatic N) is 1. The van der Waals surface area contributed by atoms with Crippen molar-refractivity contribution in [2.75, 3.05) is 13.4 Å². The highest BCUT2D eigenvalue weighted by Crippen LogP contribution is 2.40. The van der Waals surface area contributed by atoms with Gasteiger partial charge in [0, 0.05) is 24.4 Å². The summed E-state index contributed by atoms with van der Waals surface area (Å²) in [7, 11) is 0. The number of carbonyl (C=O) groups is 1. The summed E-state index contributed by atoms with van der Waals surface area (Å²) < 4.78 is 11.2. The Labute approximate surface area is 128 Å². The molecule has 0 bridgehead atoms. The molecule has 0 amide bonds. The van der Waals surface area contributed by atoms with E-state index in [0.717, 1.165) is 34.0 Å². The van der Waals surface area contributed by atoms with Crippen molar-refractivity contribution in [1.82, 2.24) is 4.98 Å². The van der Waals surface area contributed by atoms with E-state index in [1.165, 1.54) is 0 Å². The van der Waals surface area contributed by atoms with E-state index in [1.54, 1.807) is 12.3 Å². The molecule has 1 fully saturated rings. The van der Waals surface area contributed by atoms with Gasteiger partial charge < -0.3 is 9.47 Å². The Morgan fingerprint density at radius 3 is 3.05 bits per heavy atom. The number of benzene rings is 1. The zero-order valence-corrected chi connectivity index (χ0v) is 12.5. The van der Waals surface area contributed by atoms with Crippen LogP contribution >= 0.6 is 0 Å². The maximum Gasteiger partial charge on any atom is 0.160 e. The zero-order chi connectivity index (χ0) is 15.2. The fraction of sp³-hybridized carbons (Fsp3) is 0.333. The molecule has 0 spiro atoms. The molecule has 1 saturated heterocycles. The molecule has 4 rings (SSSR count). The number of aromatic nitrogens is 1. The second kappa shape index (κ2) is 5.00. The van der Waals surface area contributed by atoms with Crippen molar-refractivity contribution in [3.05, 3.63) is 47.7 Å². The highest BCUT2D eigenvalue weighted by atomic mass is 16.7. The summed E-state index contributed by atoms with van der Waals surface area (Å²) in [6.45, 7) is 2.95. The molecule has 0 radical (unpaired) electrons. The van der Waals surface area contributed by atoms with E-state index >= 15 is 0 Å². The van der Waals surface area contributed by atoms with Crippen LogP contribution in [-0.2, 0) is 20.7 Å². The van der Waals surface area contributed by atoms with Crippen LogP contribution in [0.5, 0.6) is 0 Å². The number of ether oxygens (including phenoxy) is 2. The molecule has 2 heterocycles. The standard InChI is InChI=1S/C18H17NO3/c1-18(4-6-21-11-22-18)16-10-14(20)7-13-9-17-12(8-15(13)16)3-2-5-19-17/h2-3,5,8-10H,4,6-7,11H2,1H3. The predicted molar refractivity (Wildman–Crippen MR) is 83.4 cm³/mol.